The number of aryl methyl sites for hydroxylation is 2. The molecule has 0 radical (unpaired) electrons. The van der Waals surface area contributed by atoms with Gasteiger partial charge in [-0.05, 0) is 55.3 Å². The SMILES string of the molecule is Cc1ccc(C)c(Cn2cccc(C(=O)Nc3ccc(F)c(Cl)c3)c2=O)c1. The molecule has 1 N–H and O–H groups in total. The van der Waals surface area contributed by atoms with Gasteiger partial charge < -0.3 is 9.88 Å². The molecule has 3 rings (SSSR count). The van der Waals surface area contributed by atoms with Crippen LogP contribution in [0.1, 0.15) is 27.0 Å². The normalized spacial score (nSPS) is 10.7. The fourth-order valence-corrected chi connectivity index (χ4v) is 2.94. The fraction of sp³-hybridized carbons (Fsp3) is 0.143. The van der Waals surface area contributed by atoms with E-state index < -0.39 is 17.3 Å². The van der Waals surface area contributed by atoms with Crippen molar-refractivity contribution in [3.8, 4) is 0 Å². The molecule has 0 atom stereocenters. The van der Waals surface area contributed by atoms with E-state index in [1.54, 1.807) is 12.3 Å². The first-order valence-electron chi connectivity index (χ1n) is 8.37. The Balaban J connectivity index is 1.87. The summed E-state index contributed by atoms with van der Waals surface area (Å²) in [5.74, 6) is -1.15. The van der Waals surface area contributed by atoms with Crippen molar-refractivity contribution >= 4 is 23.2 Å². The van der Waals surface area contributed by atoms with Gasteiger partial charge in [0.05, 0.1) is 11.6 Å². The Morgan fingerprint density at radius 1 is 1.15 bits per heavy atom. The zero-order valence-corrected chi connectivity index (χ0v) is 15.7. The quantitative estimate of drug-likeness (QED) is 0.717. The number of aromatic nitrogens is 1. The van der Waals surface area contributed by atoms with Crippen LogP contribution in [0.15, 0.2) is 59.5 Å². The van der Waals surface area contributed by atoms with Crippen LogP contribution in [0.5, 0.6) is 0 Å². The molecule has 0 aliphatic heterocycles. The Morgan fingerprint density at radius 2 is 1.93 bits per heavy atom. The molecule has 0 bridgehead atoms. The number of amides is 1. The van der Waals surface area contributed by atoms with Crippen LogP contribution in [0.4, 0.5) is 10.1 Å². The number of halogens is 2. The van der Waals surface area contributed by atoms with Gasteiger partial charge in [-0.25, -0.2) is 4.39 Å². The molecule has 138 valence electrons. The van der Waals surface area contributed by atoms with Crippen LogP contribution < -0.4 is 10.9 Å². The van der Waals surface area contributed by atoms with Gasteiger partial charge >= 0.3 is 0 Å². The average Bonchev–Trinajstić information content (AvgIpc) is 2.63. The first-order valence-corrected chi connectivity index (χ1v) is 8.75. The molecule has 1 aromatic heterocycles. The van der Waals surface area contributed by atoms with Crippen LogP contribution in [0.2, 0.25) is 5.02 Å². The van der Waals surface area contributed by atoms with Crippen molar-refractivity contribution in [2.24, 2.45) is 0 Å². The van der Waals surface area contributed by atoms with Gasteiger partial charge in [-0.15, -0.1) is 0 Å². The Kier molecular flexibility index (Phi) is 5.42. The smallest absolute Gasteiger partial charge is 0.263 e. The third-order valence-corrected chi connectivity index (χ3v) is 4.58. The lowest BCUT2D eigenvalue weighted by Crippen LogP contribution is -2.29. The zero-order chi connectivity index (χ0) is 19.6. The molecule has 0 aliphatic rings. The average molecular weight is 385 g/mol. The van der Waals surface area contributed by atoms with E-state index in [-0.39, 0.29) is 10.6 Å². The maximum absolute atomic E-state index is 13.2. The number of nitrogens with one attached hydrogen (secondary N) is 1. The van der Waals surface area contributed by atoms with E-state index in [1.807, 2.05) is 32.0 Å². The van der Waals surface area contributed by atoms with Crippen molar-refractivity contribution in [1.82, 2.24) is 4.57 Å². The highest BCUT2D eigenvalue weighted by Gasteiger charge is 2.14. The second-order valence-electron chi connectivity index (χ2n) is 6.37. The summed E-state index contributed by atoms with van der Waals surface area (Å²) in [5.41, 5.74) is 3.11. The van der Waals surface area contributed by atoms with E-state index in [0.29, 0.717) is 12.2 Å². The standard InChI is InChI=1S/C21H18ClFN2O2/c1-13-5-6-14(2)15(10-13)12-25-9-3-4-17(21(25)27)20(26)24-16-7-8-19(23)18(22)11-16/h3-11H,12H2,1-2H3,(H,24,26). The van der Waals surface area contributed by atoms with E-state index in [4.69, 9.17) is 11.6 Å². The van der Waals surface area contributed by atoms with E-state index in [9.17, 15) is 14.0 Å². The Bertz CT molecular complexity index is 1080. The topological polar surface area (TPSA) is 51.1 Å². The van der Waals surface area contributed by atoms with Gasteiger partial charge in [0.25, 0.3) is 11.5 Å². The molecule has 6 heteroatoms. The number of hydrogen-bond donors (Lipinski definition) is 1. The van der Waals surface area contributed by atoms with Crippen LogP contribution in [0.3, 0.4) is 0 Å². The molecule has 27 heavy (non-hydrogen) atoms. The predicted octanol–water partition coefficient (Wildman–Crippen LogP) is 4.56. The largest absolute Gasteiger partial charge is 0.322 e. The van der Waals surface area contributed by atoms with Crippen LogP contribution >= 0.6 is 11.6 Å². The number of benzene rings is 2. The number of hydrogen-bond acceptors (Lipinski definition) is 2. The lowest BCUT2D eigenvalue weighted by molar-refractivity contribution is 0.102. The number of nitrogens with zero attached hydrogens (tertiary/aromatic N) is 1. The number of rotatable bonds is 4. The summed E-state index contributed by atoms with van der Waals surface area (Å²) < 4.78 is 14.7. The molecule has 0 aliphatic carbocycles. The molecular formula is C21H18ClFN2O2. The van der Waals surface area contributed by atoms with Gasteiger partial charge in [0.15, 0.2) is 0 Å². The summed E-state index contributed by atoms with van der Waals surface area (Å²) in [4.78, 5) is 25.2. The van der Waals surface area contributed by atoms with Crippen LogP contribution in [0, 0.1) is 19.7 Å². The molecule has 0 saturated carbocycles. The Hall–Kier alpha value is -2.92. The minimum Gasteiger partial charge on any atom is -0.322 e. The van der Waals surface area contributed by atoms with Crippen molar-refractivity contribution in [1.29, 1.82) is 0 Å². The van der Waals surface area contributed by atoms with Gasteiger partial charge in [-0.3, -0.25) is 9.59 Å². The zero-order valence-electron chi connectivity index (χ0n) is 14.9. The van der Waals surface area contributed by atoms with Crippen LogP contribution in [-0.2, 0) is 6.54 Å². The van der Waals surface area contributed by atoms with Gasteiger partial charge in [0, 0.05) is 11.9 Å². The Labute approximate surface area is 161 Å². The van der Waals surface area contributed by atoms with Crippen molar-refractivity contribution in [3.05, 3.63) is 98.2 Å². The van der Waals surface area contributed by atoms with E-state index in [1.165, 1.54) is 22.8 Å². The third-order valence-electron chi connectivity index (χ3n) is 4.29. The second kappa shape index (κ2) is 7.76. The predicted molar refractivity (Wildman–Crippen MR) is 105 cm³/mol. The van der Waals surface area contributed by atoms with E-state index in [0.717, 1.165) is 22.8 Å². The van der Waals surface area contributed by atoms with Crippen molar-refractivity contribution in [3.63, 3.8) is 0 Å². The van der Waals surface area contributed by atoms with Crippen LogP contribution in [0.25, 0.3) is 0 Å². The first kappa shape index (κ1) is 18.9. The minimum absolute atomic E-state index is 0.00301. The third kappa shape index (κ3) is 4.26. The molecule has 1 amide bonds. The second-order valence-corrected chi connectivity index (χ2v) is 6.78. The minimum atomic E-state index is -0.578. The Morgan fingerprint density at radius 3 is 2.67 bits per heavy atom. The maximum Gasteiger partial charge on any atom is 0.263 e. The summed E-state index contributed by atoms with van der Waals surface area (Å²) in [7, 11) is 0. The summed E-state index contributed by atoms with van der Waals surface area (Å²) in [6.07, 6.45) is 1.65. The van der Waals surface area contributed by atoms with Crippen molar-refractivity contribution < 1.29 is 9.18 Å². The van der Waals surface area contributed by atoms with Gasteiger partial charge in [-0.1, -0.05) is 35.4 Å². The lowest BCUT2D eigenvalue weighted by atomic mass is 10.1. The van der Waals surface area contributed by atoms with Gasteiger partial charge in [0.2, 0.25) is 0 Å². The molecule has 0 fully saturated rings. The summed E-state index contributed by atoms with van der Waals surface area (Å²) in [6, 6.07) is 13.0. The summed E-state index contributed by atoms with van der Waals surface area (Å²) >= 11 is 5.73. The highest BCUT2D eigenvalue weighted by atomic mass is 35.5. The highest BCUT2D eigenvalue weighted by Crippen LogP contribution is 2.19. The molecule has 0 spiro atoms. The number of carbonyl (C=O) groups excluding carboxylic acids is 1. The number of pyridine rings is 1. The molecular weight excluding hydrogens is 367 g/mol. The summed E-state index contributed by atoms with van der Waals surface area (Å²) in [5, 5.41) is 2.47. The molecule has 3 aromatic rings. The lowest BCUT2D eigenvalue weighted by Gasteiger charge is -2.11. The molecule has 0 saturated heterocycles. The molecule has 1 heterocycles. The molecule has 0 unspecified atom stereocenters. The van der Waals surface area contributed by atoms with Crippen molar-refractivity contribution in [2.75, 3.05) is 5.32 Å². The monoisotopic (exact) mass is 384 g/mol. The van der Waals surface area contributed by atoms with E-state index >= 15 is 0 Å². The van der Waals surface area contributed by atoms with Gasteiger partial charge in [0.1, 0.15) is 11.4 Å². The van der Waals surface area contributed by atoms with E-state index in [2.05, 4.69) is 5.32 Å². The molecule has 4 nitrogen and oxygen atoms in total. The number of anilines is 1. The summed E-state index contributed by atoms with van der Waals surface area (Å²) in [6.45, 7) is 4.34. The fourth-order valence-electron chi connectivity index (χ4n) is 2.76. The van der Waals surface area contributed by atoms with Crippen LogP contribution in [-0.4, -0.2) is 10.5 Å². The maximum atomic E-state index is 13.2. The van der Waals surface area contributed by atoms with Gasteiger partial charge in [-0.2, -0.15) is 0 Å². The highest BCUT2D eigenvalue weighted by molar-refractivity contribution is 6.31. The first-order chi connectivity index (χ1) is 12.8. The molecule has 2 aromatic carbocycles. The van der Waals surface area contributed by atoms with Crippen molar-refractivity contribution in [2.45, 2.75) is 20.4 Å². The number of carbonyl (C=O) groups is 1.